The fraction of sp³-hybridized carbons (Fsp3) is 0.533. The van der Waals surface area contributed by atoms with Crippen LogP contribution in [0.25, 0.3) is 0 Å². The lowest BCUT2D eigenvalue weighted by Crippen LogP contribution is -2.35. The number of carbonyl (C=O) groups excluding carboxylic acids is 1. The van der Waals surface area contributed by atoms with Gasteiger partial charge in [0.2, 0.25) is 15.9 Å². The SMILES string of the molecule is C[C@@H](OC[C@H]1CCCO1)C(=O)NCc1cccc(S(N)(=O)=O)c1. The molecule has 8 heteroatoms. The Morgan fingerprint density at radius 3 is 2.96 bits per heavy atom. The van der Waals surface area contributed by atoms with Crippen molar-refractivity contribution in [3.05, 3.63) is 29.8 Å². The second-order valence-corrected chi connectivity index (χ2v) is 7.08. The number of primary sulfonamides is 1. The molecule has 7 nitrogen and oxygen atoms in total. The number of benzene rings is 1. The zero-order valence-corrected chi connectivity index (χ0v) is 13.8. The van der Waals surface area contributed by atoms with E-state index in [1.165, 1.54) is 12.1 Å². The minimum Gasteiger partial charge on any atom is -0.376 e. The van der Waals surface area contributed by atoms with E-state index >= 15 is 0 Å². The van der Waals surface area contributed by atoms with E-state index in [-0.39, 0.29) is 23.5 Å². The average molecular weight is 342 g/mol. The van der Waals surface area contributed by atoms with Crippen LogP contribution in [-0.2, 0) is 30.8 Å². The highest BCUT2D eigenvalue weighted by atomic mass is 32.2. The van der Waals surface area contributed by atoms with Gasteiger partial charge < -0.3 is 14.8 Å². The fourth-order valence-corrected chi connectivity index (χ4v) is 2.85. The second-order valence-electron chi connectivity index (χ2n) is 5.52. The van der Waals surface area contributed by atoms with Crippen molar-refractivity contribution in [3.8, 4) is 0 Å². The number of sulfonamides is 1. The third-order valence-electron chi connectivity index (χ3n) is 3.62. The lowest BCUT2D eigenvalue weighted by molar-refractivity contribution is -0.133. The van der Waals surface area contributed by atoms with E-state index in [4.69, 9.17) is 14.6 Å². The van der Waals surface area contributed by atoms with Crippen LogP contribution in [0.15, 0.2) is 29.2 Å². The number of amides is 1. The molecule has 0 bridgehead atoms. The van der Waals surface area contributed by atoms with E-state index in [0.717, 1.165) is 19.4 Å². The summed E-state index contributed by atoms with van der Waals surface area (Å²) in [6, 6.07) is 6.15. The van der Waals surface area contributed by atoms with Gasteiger partial charge in [-0.25, -0.2) is 13.6 Å². The van der Waals surface area contributed by atoms with E-state index < -0.39 is 16.1 Å². The first-order chi connectivity index (χ1) is 10.9. The molecule has 0 radical (unpaired) electrons. The third-order valence-corrected chi connectivity index (χ3v) is 4.53. The van der Waals surface area contributed by atoms with E-state index in [0.29, 0.717) is 12.2 Å². The second kappa shape index (κ2) is 7.87. The predicted octanol–water partition coefficient (Wildman–Crippen LogP) is 0.534. The van der Waals surface area contributed by atoms with Crippen LogP contribution in [0, 0.1) is 0 Å². The van der Waals surface area contributed by atoms with Crippen LogP contribution in [0.4, 0.5) is 0 Å². The van der Waals surface area contributed by atoms with Crippen molar-refractivity contribution in [1.82, 2.24) is 5.32 Å². The zero-order chi connectivity index (χ0) is 16.9. The van der Waals surface area contributed by atoms with Gasteiger partial charge in [-0.1, -0.05) is 12.1 Å². The van der Waals surface area contributed by atoms with Crippen LogP contribution in [0.1, 0.15) is 25.3 Å². The smallest absolute Gasteiger partial charge is 0.249 e. The van der Waals surface area contributed by atoms with Gasteiger partial charge in [0.25, 0.3) is 0 Å². The van der Waals surface area contributed by atoms with Gasteiger partial charge in [0, 0.05) is 13.2 Å². The molecule has 3 N–H and O–H groups in total. The first-order valence-corrected chi connectivity index (χ1v) is 9.03. The Labute approximate surface area is 136 Å². The molecule has 128 valence electrons. The molecule has 1 saturated heterocycles. The molecule has 1 fully saturated rings. The minimum absolute atomic E-state index is 0.0203. The van der Waals surface area contributed by atoms with E-state index in [1.54, 1.807) is 19.1 Å². The molecular formula is C15H22N2O5S. The molecule has 2 rings (SSSR count). The van der Waals surface area contributed by atoms with Gasteiger partial charge in [0.05, 0.1) is 17.6 Å². The summed E-state index contributed by atoms with van der Waals surface area (Å²) in [4.78, 5) is 12.0. The molecule has 23 heavy (non-hydrogen) atoms. The van der Waals surface area contributed by atoms with E-state index in [1.807, 2.05) is 0 Å². The van der Waals surface area contributed by atoms with Crippen LogP contribution in [-0.4, -0.2) is 39.7 Å². The summed E-state index contributed by atoms with van der Waals surface area (Å²) < 4.78 is 33.5. The number of nitrogens with one attached hydrogen (secondary N) is 1. The van der Waals surface area contributed by atoms with Crippen molar-refractivity contribution in [2.24, 2.45) is 5.14 Å². The maximum absolute atomic E-state index is 12.0. The highest BCUT2D eigenvalue weighted by molar-refractivity contribution is 7.89. The van der Waals surface area contributed by atoms with Crippen molar-refractivity contribution in [3.63, 3.8) is 0 Å². The molecule has 2 atom stereocenters. The summed E-state index contributed by atoms with van der Waals surface area (Å²) in [5.41, 5.74) is 0.649. The predicted molar refractivity (Wildman–Crippen MR) is 84.0 cm³/mol. The minimum atomic E-state index is -3.75. The summed E-state index contributed by atoms with van der Waals surface area (Å²) in [6.07, 6.45) is 1.45. The summed E-state index contributed by atoms with van der Waals surface area (Å²) in [7, 11) is -3.75. The monoisotopic (exact) mass is 342 g/mol. The van der Waals surface area contributed by atoms with Crippen molar-refractivity contribution >= 4 is 15.9 Å². The van der Waals surface area contributed by atoms with Crippen LogP contribution >= 0.6 is 0 Å². The van der Waals surface area contributed by atoms with Gasteiger partial charge in [-0.05, 0) is 37.5 Å². The average Bonchev–Trinajstić information content (AvgIpc) is 3.03. The zero-order valence-electron chi connectivity index (χ0n) is 13.0. The highest BCUT2D eigenvalue weighted by Crippen LogP contribution is 2.13. The molecular weight excluding hydrogens is 320 g/mol. The number of ether oxygens (including phenoxy) is 2. The molecule has 1 aliphatic rings. The van der Waals surface area contributed by atoms with Gasteiger partial charge >= 0.3 is 0 Å². The molecule has 0 unspecified atom stereocenters. The quantitative estimate of drug-likeness (QED) is 0.752. The summed E-state index contributed by atoms with van der Waals surface area (Å²) in [5.74, 6) is -0.260. The van der Waals surface area contributed by atoms with E-state index in [9.17, 15) is 13.2 Å². The Kier molecular flexibility index (Phi) is 6.11. The lowest BCUT2D eigenvalue weighted by Gasteiger charge is -2.16. The Bertz CT molecular complexity index is 641. The van der Waals surface area contributed by atoms with Crippen LogP contribution in [0.2, 0.25) is 0 Å². The molecule has 1 heterocycles. The maximum Gasteiger partial charge on any atom is 0.249 e. The number of hydrogen-bond acceptors (Lipinski definition) is 5. The van der Waals surface area contributed by atoms with Crippen molar-refractivity contribution in [1.29, 1.82) is 0 Å². The Hall–Kier alpha value is -1.48. The molecule has 1 aromatic rings. The molecule has 1 aliphatic heterocycles. The van der Waals surface area contributed by atoms with Crippen molar-refractivity contribution in [2.75, 3.05) is 13.2 Å². The van der Waals surface area contributed by atoms with Gasteiger partial charge in [-0.3, -0.25) is 4.79 Å². The number of nitrogens with two attached hydrogens (primary N) is 1. The standard InChI is InChI=1S/C15H22N2O5S/c1-11(22-10-13-5-3-7-21-13)15(18)17-9-12-4-2-6-14(8-12)23(16,19)20/h2,4,6,8,11,13H,3,5,7,9-10H2,1H3,(H,17,18)(H2,16,19,20)/t11-,13-/m1/s1. The molecule has 1 amide bonds. The fourth-order valence-electron chi connectivity index (χ4n) is 2.27. The number of rotatable bonds is 7. The topological polar surface area (TPSA) is 108 Å². The summed E-state index contributed by atoms with van der Waals surface area (Å²) in [5, 5.41) is 7.79. The van der Waals surface area contributed by atoms with Crippen LogP contribution < -0.4 is 10.5 Å². The summed E-state index contributed by atoms with van der Waals surface area (Å²) >= 11 is 0. The maximum atomic E-state index is 12.0. The number of hydrogen-bond donors (Lipinski definition) is 2. The van der Waals surface area contributed by atoms with Crippen LogP contribution in [0.3, 0.4) is 0 Å². The Morgan fingerprint density at radius 1 is 1.52 bits per heavy atom. The first kappa shape index (κ1) is 17.9. The van der Waals surface area contributed by atoms with Gasteiger partial charge in [-0.15, -0.1) is 0 Å². The van der Waals surface area contributed by atoms with Gasteiger partial charge in [0.1, 0.15) is 6.10 Å². The molecule has 0 saturated carbocycles. The van der Waals surface area contributed by atoms with E-state index in [2.05, 4.69) is 5.32 Å². The molecule has 0 spiro atoms. The van der Waals surface area contributed by atoms with Crippen LogP contribution in [0.5, 0.6) is 0 Å². The van der Waals surface area contributed by atoms with Gasteiger partial charge in [0.15, 0.2) is 0 Å². The van der Waals surface area contributed by atoms with Gasteiger partial charge in [-0.2, -0.15) is 0 Å². The Morgan fingerprint density at radius 2 is 2.30 bits per heavy atom. The largest absolute Gasteiger partial charge is 0.376 e. The normalized spacial score (nSPS) is 19.5. The Balaban J connectivity index is 1.81. The number of carbonyl (C=O) groups is 1. The lowest BCUT2D eigenvalue weighted by atomic mass is 10.2. The van der Waals surface area contributed by atoms with Crippen molar-refractivity contribution in [2.45, 2.75) is 43.4 Å². The first-order valence-electron chi connectivity index (χ1n) is 7.49. The third kappa shape index (κ3) is 5.58. The summed E-state index contributed by atoms with van der Waals surface area (Å²) in [6.45, 7) is 3.02. The molecule has 1 aromatic carbocycles. The molecule has 0 aromatic heterocycles. The highest BCUT2D eigenvalue weighted by Gasteiger charge is 2.19. The van der Waals surface area contributed by atoms with Crippen molar-refractivity contribution < 1.29 is 22.7 Å². The molecule has 0 aliphatic carbocycles.